The van der Waals surface area contributed by atoms with E-state index in [-0.39, 0.29) is 11.9 Å². The van der Waals surface area contributed by atoms with Crippen molar-refractivity contribution < 1.29 is 4.79 Å². The standard InChI is InChI=1S/C17H18N4O/c1-3-21-16(11(2)10-19-21)17(22)20-15-8-14(15)13-6-4-12(9-18)5-7-13/h4-7,10,14-15H,3,8H2,1-2H3,(H,20,22). The van der Waals surface area contributed by atoms with Crippen LogP contribution in [0.4, 0.5) is 0 Å². The van der Waals surface area contributed by atoms with Gasteiger partial charge in [0, 0.05) is 18.5 Å². The van der Waals surface area contributed by atoms with Gasteiger partial charge in [0.1, 0.15) is 5.69 Å². The molecule has 22 heavy (non-hydrogen) atoms. The predicted molar refractivity (Wildman–Crippen MR) is 82.4 cm³/mol. The third-order valence-corrected chi connectivity index (χ3v) is 4.11. The molecule has 1 saturated carbocycles. The van der Waals surface area contributed by atoms with Crippen LogP contribution in [0.3, 0.4) is 0 Å². The molecule has 1 aliphatic rings. The molecule has 5 nitrogen and oxygen atoms in total. The molecule has 1 aromatic heterocycles. The Morgan fingerprint density at radius 1 is 1.45 bits per heavy atom. The molecule has 0 spiro atoms. The normalized spacial score (nSPS) is 19.5. The predicted octanol–water partition coefficient (Wildman–Crippen LogP) is 2.37. The monoisotopic (exact) mass is 294 g/mol. The van der Waals surface area contributed by atoms with Crippen molar-refractivity contribution in [1.29, 1.82) is 5.26 Å². The highest BCUT2D eigenvalue weighted by Crippen LogP contribution is 2.40. The second kappa shape index (κ2) is 5.64. The number of hydrogen-bond donors (Lipinski definition) is 1. The third-order valence-electron chi connectivity index (χ3n) is 4.11. The van der Waals surface area contributed by atoms with Gasteiger partial charge in [-0.15, -0.1) is 0 Å². The van der Waals surface area contributed by atoms with Gasteiger partial charge >= 0.3 is 0 Å². The summed E-state index contributed by atoms with van der Waals surface area (Å²) in [7, 11) is 0. The van der Waals surface area contributed by atoms with Gasteiger partial charge in [0.25, 0.3) is 5.91 Å². The number of nitrogens with zero attached hydrogens (tertiary/aromatic N) is 3. The van der Waals surface area contributed by atoms with Crippen LogP contribution in [0.1, 0.15) is 46.4 Å². The van der Waals surface area contributed by atoms with Gasteiger partial charge in [-0.3, -0.25) is 9.48 Å². The van der Waals surface area contributed by atoms with E-state index >= 15 is 0 Å². The Labute approximate surface area is 129 Å². The Bertz CT molecular complexity index is 739. The van der Waals surface area contributed by atoms with Crippen LogP contribution in [0, 0.1) is 18.3 Å². The molecule has 1 fully saturated rings. The summed E-state index contributed by atoms with van der Waals surface area (Å²) in [6.07, 6.45) is 2.67. The lowest BCUT2D eigenvalue weighted by Gasteiger charge is -2.08. The van der Waals surface area contributed by atoms with Crippen molar-refractivity contribution in [3.05, 3.63) is 52.8 Å². The number of carbonyl (C=O) groups is 1. The Hall–Kier alpha value is -2.61. The number of nitrogens with one attached hydrogen (secondary N) is 1. The van der Waals surface area contributed by atoms with E-state index in [1.54, 1.807) is 10.9 Å². The van der Waals surface area contributed by atoms with Crippen LogP contribution < -0.4 is 5.32 Å². The SMILES string of the molecule is CCn1ncc(C)c1C(=O)NC1CC1c1ccc(C#N)cc1. The average molecular weight is 294 g/mol. The molecule has 1 aliphatic carbocycles. The number of aromatic nitrogens is 2. The molecule has 2 aromatic rings. The minimum absolute atomic E-state index is 0.0574. The number of aryl methyl sites for hydroxylation is 2. The van der Waals surface area contributed by atoms with Crippen molar-refractivity contribution in [3.63, 3.8) is 0 Å². The molecule has 1 aromatic carbocycles. The fourth-order valence-electron chi connectivity index (χ4n) is 2.78. The second-order valence-electron chi connectivity index (χ2n) is 5.65. The largest absolute Gasteiger partial charge is 0.347 e. The summed E-state index contributed by atoms with van der Waals surface area (Å²) < 4.78 is 1.73. The second-order valence-corrected chi connectivity index (χ2v) is 5.65. The van der Waals surface area contributed by atoms with Crippen LogP contribution in [-0.2, 0) is 6.54 Å². The van der Waals surface area contributed by atoms with E-state index < -0.39 is 0 Å². The lowest BCUT2D eigenvalue weighted by Crippen LogP contribution is -2.29. The topological polar surface area (TPSA) is 70.7 Å². The summed E-state index contributed by atoms with van der Waals surface area (Å²) in [5.41, 5.74) is 3.38. The number of benzene rings is 1. The Morgan fingerprint density at radius 3 is 2.82 bits per heavy atom. The summed E-state index contributed by atoms with van der Waals surface area (Å²) in [6, 6.07) is 9.86. The molecule has 2 atom stereocenters. The molecule has 0 bridgehead atoms. The lowest BCUT2D eigenvalue weighted by molar-refractivity contribution is 0.0939. The Morgan fingerprint density at radius 2 is 2.18 bits per heavy atom. The van der Waals surface area contributed by atoms with E-state index in [1.807, 2.05) is 38.1 Å². The summed E-state index contributed by atoms with van der Waals surface area (Å²) in [5.74, 6) is 0.285. The maximum Gasteiger partial charge on any atom is 0.270 e. The van der Waals surface area contributed by atoms with Crippen LogP contribution in [0.25, 0.3) is 0 Å². The number of carbonyl (C=O) groups excluding carboxylic acids is 1. The van der Waals surface area contributed by atoms with Crippen molar-refractivity contribution in [2.24, 2.45) is 0 Å². The van der Waals surface area contributed by atoms with Crippen LogP contribution in [0.2, 0.25) is 0 Å². The maximum absolute atomic E-state index is 12.4. The van der Waals surface area contributed by atoms with E-state index in [9.17, 15) is 4.79 Å². The minimum Gasteiger partial charge on any atom is -0.347 e. The third kappa shape index (κ3) is 2.60. The zero-order valence-electron chi connectivity index (χ0n) is 12.7. The first-order chi connectivity index (χ1) is 10.6. The molecular weight excluding hydrogens is 276 g/mol. The molecular formula is C17H18N4O. The van der Waals surface area contributed by atoms with Gasteiger partial charge in [-0.2, -0.15) is 10.4 Å². The van der Waals surface area contributed by atoms with Gasteiger partial charge in [0.05, 0.1) is 17.8 Å². The molecule has 0 saturated heterocycles. The average Bonchev–Trinajstić information content (AvgIpc) is 3.19. The van der Waals surface area contributed by atoms with Crippen molar-refractivity contribution in [2.45, 2.75) is 38.8 Å². The zero-order valence-corrected chi connectivity index (χ0v) is 12.7. The van der Waals surface area contributed by atoms with Crippen molar-refractivity contribution in [2.75, 3.05) is 0 Å². The zero-order chi connectivity index (χ0) is 15.7. The summed E-state index contributed by atoms with van der Waals surface area (Å²) in [6.45, 7) is 4.55. The van der Waals surface area contributed by atoms with Crippen LogP contribution in [0.5, 0.6) is 0 Å². The van der Waals surface area contributed by atoms with Gasteiger partial charge in [0.15, 0.2) is 0 Å². The molecule has 0 aliphatic heterocycles. The number of amides is 1. The lowest BCUT2D eigenvalue weighted by atomic mass is 10.1. The number of nitriles is 1. The fraction of sp³-hybridized carbons (Fsp3) is 0.353. The van der Waals surface area contributed by atoms with Crippen molar-refractivity contribution >= 4 is 5.91 Å². The van der Waals surface area contributed by atoms with Gasteiger partial charge in [-0.1, -0.05) is 12.1 Å². The first kappa shape index (κ1) is 14.3. The highest BCUT2D eigenvalue weighted by Gasteiger charge is 2.40. The number of rotatable bonds is 4. The maximum atomic E-state index is 12.4. The van der Waals surface area contributed by atoms with Crippen molar-refractivity contribution in [3.8, 4) is 6.07 Å². The first-order valence-corrected chi connectivity index (χ1v) is 7.47. The highest BCUT2D eigenvalue weighted by atomic mass is 16.2. The van der Waals surface area contributed by atoms with E-state index in [4.69, 9.17) is 5.26 Å². The molecule has 2 unspecified atom stereocenters. The molecule has 112 valence electrons. The molecule has 0 radical (unpaired) electrons. The molecule has 1 N–H and O–H groups in total. The summed E-state index contributed by atoms with van der Waals surface area (Å²) in [4.78, 5) is 12.4. The Kier molecular flexibility index (Phi) is 3.68. The van der Waals surface area contributed by atoms with E-state index in [1.165, 1.54) is 5.56 Å². The van der Waals surface area contributed by atoms with Crippen LogP contribution >= 0.6 is 0 Å². The number of hydrogen-bond acceptors (Lipinski definition) is 3. The summed E-state index contributed by atoms with van der Waals surface area (Å²) >= 11 is 0. The van der Waals surface area contributed by atoms with Gasteiger partial charge in [-0.05, 0) is 43.5 Å². The van der Waals surface area contributed by atoms with Gasteiger partial charge < -0.3 is 5.32 Å². The van der Waals surface area contributed by atoms with E-state index in [2.05, 4.69) is 16.5 Å². The minimum atomic E-state index is -0.0574. The molecule has 1 amide bonds. The Balaban J connectivity index is 1.67. The first-order valence-electron chi connectivity index (χ1n) is 7.47. The van der Waals surface area contributed by atoms with Gasteiger partial charge in [-0.25, -0.2) is 0 Å². The molecule has 5 heteroatoms. The molecule has 3 rings (SSSR count). The van der Waals surface area contributed by atoms with Gasteiger partial charge in [0.2, 0.25) is 0 Å². The van der Waals surface area contributed by atoms with Crippen LogP contribution in [0.15, 0.2) is 30.5 Å². The summed E-state index contributed by atoms with van der Waals surface area (Å²) in [5, 5.41) is 16.1. The van der Waals surface area contributed by atoms with E-state index in [0.29, 0.717) is 23.7 Å². The highest BCUT2D eigenvalue weighted by molar-refractivity contribution is 5.94. The quantitative estimate of drug-likeness (QED) is 0.941. The smallest absolute Gasteiger partial charge is 0.270 e. The van der Waals surface area contributed by atoms with E-state index in [0.717, 1.165) is 12.0 Å². The molecule has 1 heterocycles. The van der Waals surface area contributed by atoms with Crippen molar-refractivity contribution in [1.82, 2.24) is 15.1 Å². The fourth-order valence-corrected chi connectivity index (χ4v) is 2.78. The van der Waals surface area contributed by atoms with Crippen LogP contribution in [-0.4, -0.2) is 21.7 Å².